The van der Waals surface area contributed by atoms with Crippen molar-refractivity contribution in [2.75, 3.05) is 19.8 Å². The van der Waals surface area contributed by atoms with Crippen molar-refractivity contribution < 1.29 is 9.53 Å². The number of hydrogen-bond donors (Lipinski definition) is 2. The Kier molecular flexibility index (Phi) is 7.42. The molecule has 128 valence electrons. The molecular formula is C17H27N3O2S. The van der Waals surface area contributed by atoms with Crippen LogP contribution in [0.5, 0.6) is 0 Å². The zero-order valence-corrected chi connectivity index (χ0v) is 15.6. The number of hydrogen-bond acceptors (Lipinski definition) is 4. The fraction of sp³-hybridized carbons (Fsp3) is 0.529. The average molecular weight is 337 g/mol. The van der Waals surface area contributed by atoms with Gasteiger partial charge in [-0.25, -0.2) is 0 Å². The van der Waals surface area contributed by atoms with E-state index in [2.05, 4.69) is 47.0 Å². The van der Waals surface area contributed by atoms with Gasteiger partial charge in [0.2, 0.25) is 0 Å². The first-order chi connectivity index (χ1) is 10.7. The maximum Gasteiger partial charge on any atom is 0.325 e. The lowest BCUT2D eigenvalue weighted by Gasteiger charge is -2.20. The smallest absolute Gasteiger partial charge is 0.325 e. The molecule has 5 nitrogen and oxygen atoms in total. The molecule has 1 rings (SSSR count). The van der Waals surface area contributed by atoms with E-state index < -0.39 is 5.60 Å². The summed E-state index contributed by atoms with van der Waals surface area (Å²) >= 11 is 1.72. The van der Waals surface area contributed by atoms with Crippen molar-refractivity contribution >= 4 is 23.7 Å². The fourth-order valence-electron chi connectivity index (χ4n) is 1.93. The van der Waals surface area contributed by atoms with Crippen LogP contribution in [0.25, 0.3) is 0 Å². The molecule has 0 saturated heterocycles. The van der Waals surface area contributed by atoms with Crippen LogP contribution in [0.15, 0.2) is 28.1 Å². The Morgan fingerprint density at radius 3 is 2.57 bits per heavy atom. The minimum Gasteiger partial charge on any atom is -0.459 e. The van der Waals surface area contributed by atoms with Gasteiger partial charge in [0.25, 0.3) is 0 Å². The van der Waals surface area contributed by atoms with Crippen LogP contribution in [0.1, 0.15) is 31.9 Å². The number of thioether (sulfide) groups is 1. The maximum absolute atomic E-state index is 11.7. The molecular weight excluding hydrogens is 310 g/mol. The molecule has 0 radical (unpaired) electrons. The monoisotopic (exact) mass is 337 g/mol. The van der Waals surface area contributed by atoms with E-state index in [0.717, 1.165) is 0 Å². The number of aryl methyl sites for hydroxylation is 1. The van der Waals surface area contributed by atoms with Gasteiger partial charge in [0, 0.05) is 18.5 Å². The number of ether oxygens (including phenoxy) is 1. The highest BCUT2D eigenvalue weighted by molar-refractivity contribution is 7.98. The molecule has 1 aromatic rings. The molecule has 2 N–H and O–H groups in total. The maximum atomic E-state index is 11.7. The van der Waals surface area contributed by atoms with Crippen molar-refractivity contribution in [1.82, 2.24) is 10.6 Å². The van der Waals surface area contributed by atoms with E-state index in [4.69, 9.17) is 4.74 Å². The van der Waals surface area contributed by atoms with Gasteiger partial charge in [0.05, 0.1) is 0 Å². The molecule has 0 aliphatic rings. The second kappa shape index (κ2) is 8.82. The van der Waals surface area contributed by atoms with Gasteiger partial charge in [-0.1, -0.05) is 12.1 Å². The summed E-state index contributed by atoms with van der Waals surface area (Å²) in [5.74, 6) is 0.268. The van der Waals surface area contributed by atoms with Crippen molar-refractivity contribution in [3.63, 3.8) is 0 Å². The van der Waals surface area contributed by atoms with Crippen molar-refractivity contribution in [1.29, 1.82) is 0 Å². The summed E-state index contributed by atoms with van der Waals surface area (Å²) in [6.07, 6.45) is 2.06. The molecule has 0 amide bonds. The van der Waals surface area contributed by atoms with Gasteiger partial charge in [0.1, 0.15) is 12.1 Å². The predicted molar refractivity (Wildman–Crippen MR) is 97.0 cm³/mol. The van der Waals surface area contributed by atoms with Gasteiger partial charge in [-0.2, -0.15) is 0 Å². The number of nitrogens with one attached hydrogen (secondary N) is 2. The highest BCUT2D eigenvalue weighted by Gasteiger charge is 2.16. The molecule has 0 fully saturated rings. The van der Waals surface area contributed by atoms with Crippen LogP contribution in [0.2, 0.25) is 0 Å². The Balaban J connectivity index is 2.54. The van der Waals surface area contributed by atoms with Crippen LogP contribution in [0.4, 0.5) is 0 Å². The van der Waals surface area contributed by atoms with Crippen molar-refractivity contribution in [2.24, 2.45) is 4.99 Å². The molecule has 0 heterocycles. The summed E-state index contributed by atoms with van der Waals surface area (Å²) in [5.41, 5.74) is 1.96. The number of nitrogens with zero attached hydrogens (tertiary/aromatic N) is 1. The summed E-state index contributed by atoms with van der Waals surface area (Å²) in [7, 11) is 1.68. The zero-order valence-electron chi connectivity index (χ0n) is 14.8. The molecule has 1 aromatic carbocycles. The second-order valence-corrected chi connectivity index (χ2v) is 7.03. The van der Waals surface area contributed by atoms with Gasteiger partial charge >= 0.3 is 5.97 Å². The third-order valence-corrected chi connectivity index (χ3v) is 3.75. The molecule has 0 unspecified atom stereocenters. The van der Waals surface area contributed by atoms with Crippen LogP contribution in [0.3, 0.4) is 0 Å². The van der Waals surface area contributed by atoms with Crippen LogP contribution in [-0.4, -0.2) is 37.4 Å². The lowest BCUT2D eigenvalue weighted by Crippen LogP contribution is -2.41. The number of rotatable bonds is 5. The number of carbonyl (C=O) groups excluding carboxylic acids is 1. The third kappa shape index (κ3) is 7.41. The SMILES string of the molecule is CN=C(NCC(=O)OC(C)(C)C)NCc1ccc(C)cc1SC. The van der Waals surface area contributed by atoms with Crippen LogP contribution >= 0.6 is 11.8 Å². The van der Waals surface area contributed by atoms with Gasteiger partial charge in [-0.3, -0.25) is 9.79 Å². The quantitative estimate of drug-likeness (QED) is 0.374. The van der Waals surface area contributed by atoms with Gasteiger partial charge in [-0.15, -0.1) is 11.8 Å². The number of benzene rings is 1. The first-order valence-electron chi connectivity index (χ1n) is 7.55. The van der Waals surface area contributed by atoms with E-state index in [1.54, 1.807) is 18.8 Å². The first-order valence-corrected chi connectivity index (χ1v) is 8.77. The van der Waals surface area contributed by atoms with Crippen LogP contribution in [-0.2, 0) is 16.1 Å². The van der Waals surface area contributed by atoms with Crippen molar-refractivity contribution in [2.45, 2.75) is 44.7 Å². The topological polar surface area (TPSA) is 62.7 Å². The lowest BCUT2D eigenvalue weighted by atomic mass is 10.1. The van der Waals surface area contributed by atoms with Crippen LogP contribution < -0.4 is 10.6 Å². The zero-order chi connectivity index (χ0) is 17.5. The lowest BCUT2D eigenvalue weighted by molar-refractivity contribution is -0.153. The number of esters is 1. The van der Waals surface area contributed by atoms with Crippen LogP contribution in [0, 0.1) is 6.92 Å². The van der Waals surface area contributed by atoms with E-state index in [0.29, 0.717) is 12.5 Å². The summed E-state index contributed by atoms with van der Waals surface area (Å²) in [6.45, 7) is 8.35. The Hall–Kier alpha value is -1.69. The molecule has 0 bridgehead atoms. The Morgan fingerprint density at radius 2 is 2.00 bits per heavy atom. The molecule has 0 aliphatic carbocycles. The molecule has 0 atom stereocenters. The largest absolute Gasteiger partial charge is 0.459 e. The normalized spacial score (nSPS) is 12.0. The van der Waals surface area contributed by atoms with Gasteiger partial charge in [-0.05, 0) is 51.1 Å². The highest BCUT2D eigenvalue weighted by atomic mass is 32.2. The van der Waals surface area contributed by atoms with E-state index >= 15 is 0 Å². The second-order valence-electron chi connectivity index (χ2n) is 6.18. The van der Waals surface area contributed by atoms with Crippen molar-refractivity contribution in [3.05, 3.63) is 29.3 Å². The first kappa shape index (κ1) is 19.4. The predicted octanol–water partition coefficient (Wildman–Crippen LogP) is 2.72. The molecule has 0 saturated carbocycles. The van der Waals surface area contributed by atoms with Gasteiger partial charge < -0.3 is 15.4 Å². The Morgan fingerprint density at radius 1 is 1.30 bits per heavy atom. The molecule has 0 aliphatic heterocycles. The van der Waals surface area contributed by atoms with Crippen molar-refractivity contribution in [3.8, 4) is 0 Å². The van der Waals surface area contributed by atoms with Gasteiger partial charge in [0.15, 0.2) is 5.96 Å². The number of guanidine groups is 1. The molecule has 6 heteroatoms. The molecule has 0 spiro atoms. The third-order valence-electron chi connectivity index (χ3n) is 2.93. The Bertz CT molecular complexity index is 565. The molecule has 23 heavy (non-hydrogen) atoms. The summed E-state index contributed by atoms with van der Waals surface area (Å²) < 4.78 is 5.26. The highest BCUT2D eigenvalue weighted by Crippen LogP contribution is 2.21. The number of aliphatic imine (C=N–C) groups is 1. The average Bonchev–Trinajstić information content (AvgIpc) is 2.46. The van der Waals surface area contributed by atoms with E-state index in [-0.39, 0.29) is 12.5 Å². The summed E-state index contributed by atoms with van der Waals surface area (Å²) in [5, 5.41) is 6.18. The standard InChI is InChI=1S/C17H27N3O2S/c1-12-7-8-13(14(9-12)23-6)10-19-16(18-5)20-11-15(21)22-17(2,3)4/h7-9H,10-11H2,1-6H3,(H2,18,19,20). The summed E-state index contributed by atoms with van der Waals surface area (Å²) in [6, 6.07) is 6.36. The van der Waals surface area contributed by atoms with E-state index in [1.165, 1.54) is 16.0 Å². The number of carbonyl (C=O) groups is 1. The van der Waals surface area contributed by atoms with E-state index in [9.17, 15) is 4.79 Å². The molecule has 0 aromatic heterocycles. The minimum atomic E-state index is -0.481. The summed E-state index contributed by atoms with van der Waals surface area (Å²) in [4.78, 5) is 17.1. The fourth-order valence-corrected chi connectivity index (χ4v) is 2.64. The minimum absolute atomic E-state index is 0.0836. The van der Waals surface area contributed by atoms with E-state index in [1.807, 2.05) is 20.8 Å². The Labute approximate surface area is 143 Å².